The summed E-state index contributed by atoms with van der Waals surface area (Å²) in [6.45, 7) is 1.96. The van der Waals surface area contributed by atoms with Crippen molar-refractivity contribution in [3.63, 3.8) is 0 Å². The van der Waals surface area contributed by atoms with E-state index in [1.807, 2.05) is 6.92 Å². The van der Waals surface area contributed by atoms with Crippen LogP contribution < -0.4 is 19.5 Å². The lowest BCUT2D eigenvalue weighted by molar-refractivity contribution is -0.139. The third-order valence-corrected chi connectivity index (χ3v) is 3.40. The maximum absolute atomic E-state index is 12.4. The summed E-state index contributed by atoms with van der Waals surface area (Å²) in [7, 11) is 4.35. The van der Waals surface area contributed by atoms with Crippen LogP contribution in [0.1, 0.15) is 36.5 Å². The molecule has 0 fully saturated rings. The topological polar surface area (TPSA) is 94.1 Å². The highest BCUT2D eigenvalue weighted by Crippen LogP contribution is 2.34. The molecule has 1 aromatic rings. The highest BCUT2D eigenvalue weighted by atomic mass is 16.5. The molecule has 0 bridgehead atoms. The quantitative estimate of drug-likeness (QED) is 0.722. The molecule has 1 amide bonds. The van der Waals surface area contributed by atoms with Crippen LogP contribution in [0, 0.1) is 0 Å². The molecule has 7 nitrogen and oxygen atoms in total. The molecule has 0 aliphatic rings. The van der Waals surface area contributed by atoms with Crippen molar-refractivity contribution in [1.29, 1.82) is 0 Å². The van der Waals surface area contributed by atoms with Crippen molar-refractivity contribution in [1.82, 2.24) is 5.32 Å². The molecule has 1 atom stereocenters. The van der Waals surface area contributed by atoms with E-state index in [1.54, 1.807) is 0 Å². The van der Waals surface area contributed by atoms with Crippen molar-refractivity contribution in [3.8, 4) is 17.2 Å². The summed E-state index contributed by atoms with van der Waals surface area (Å²) in [5, 5.41) is 11.7. The first-order valence-electron chi connectivity index (χ1n) is 7.32. The van der Waals surface area contributed by atoms with Crippen molar-refractivity contribution < 1.29 is 28.9 Å². The number of benzene rings is 1. The van der Waals surface area contributed by atoms with Crippen LogP contribution in [0.5, 0.6) is 17.2 Å². The zero-order valence-electron chi connectivity index (χ0n) is 13.8. The zero-order chi connectivity index (χ0) is 17.4. The largest absolute Gasteiger partial charge is 0.496 e. The van der Waals surface area contributed by atoms with E-state index in [0.717, 1.165) is 6.42 Å². The van der Waals surface area contributed by atoms with Crippen LogP contribution in [0.3, 0.4) is 0 Å². The molecule has 1 aromatic carbocycles. The highest BCUT2D eigenvalue weighted by Gasteiger charge is 2.23. The van der Waals surface area contributed by atoms with Crippen molar-refractivity contribution in [2.45, 2.75) is 32.2 Å². The van der Waals surface area contributed by atoms with Gasteiger partial charge in [-0.3, -0.25) is 4.79 Å². The molecule has 0 aromatic heterocycles. The minimum absolute atomic E-state index is 0.188. The summed E-state index contributed by atoms with van der Waals surface area (Å²) in [5.74, 6) is -0.544. The number of rotatable bonds is 9. The Hall–Kier alpha value is -2.44. The second kappa shape index (κ2) is 8.87. The molecule has 7 heteroatoms. The summed E-state index contributed by atoms with van der Waals surface area (Å²) >= 11 is 0. The summed E-state index contributed by atoms with van der Waals surface area (Å²) < 4.78 is 15.5. The Morgan fingerprint density at radius 2 is 1.65 bits per heavy atom. The molecule has 1 rings (SSSR count). The van der Waals surface area contributed by atoms with Gasteiger partial charge in [0.1, 0.15) is 11.8 Å². The number of carbonyl (C=O) groups excluding carboxylic acids is 1. The van der Waals surface area contributed by atoms with E-state index in [1.165, 1.54) is 33.5 Å². The first-order valence-corrected chi connectivity index (χ1v) is 7.32. The normalized spacial score (nSPS) is 11.5. The molecular weight excluding hydrogens is 302 g/mol. The van der Waals surface area contributed by atoms with Gasteiger partial charge in [0.2, 0.25) is 0 Å². The Morgan fingerprint density at radius 1 is 1.09 bits per heavy atom. The predicted molar refractivity (Wildman–Crippen MR) is 84.5 cm³/mol. The standard InChI is InChI=1S/C16H23NO6/c1-5-6-7-11(16(19)20)17-15(18)10-8-13(22-3)14(23-4)9-12(10)21-2/h8-9,11H,5-7H2,1-4H3,(H,17,18)(H,19,20). The third kappa shape index (κ3) is 4.77. The lowest BCUT2D eigenvalue weighted by Gasteiger charge is -2.17. The lowest BCUT2D eigenvalue weighted by Crippen LogP contribution is -2.40. The number of unbranched alkanes of at least 4 members (excludes halogenated alkanes) is 1. The number of carboxylic acids is 1. The third-order valence-electron chi connectivity index (χ3n) is 3.40. The van der Waals surface area contributed by atoms with Gasteiger partial charge in [-0.2, -0.15) is 0 Å². The van der Waals surface area contributed by atoms with Gasteiger partial charge in [0.05, 0.1) is 26.9 Å². The highest BCUT2D eigenvalue weighted by molar-refractivity contribution is 5.99. The predicted octanol–water partition coefficient (Wildman–Crippen LogP) is 2.09. The molecule has 0 saturated heterocycles. The van der Waals surface area contributed by atoms with Crippen LogP contribution in [0.2, 0.25) is 0 Å². The summed E-state index contributed by atoms with van der Waals surface area (Å²) in [6, 6.07) is 2.04. The molecular formula is C16H23NO6. The number of amides is 1. The van der Waals surface area contributed by atoms with Crippen LogP contribution in [0.15, 0.2) is 12.1 Å². The first-order chi connectivity index (χ1) is 11.0. The molecule has 128 valence electrons. The zero-order valence-corrected chi connectivity index (χ0v) is 13.8. The number of ether oxygens (including phenoxy) is 3. The number of nitrogens with one attached hydrogen (secondary N) is 1. The fourth-order valence-electron chi connectivity index (χ4n) is 2.11. The van der Waals surface area contributed by atoms with Gasteiger partial charge in [-0.1, -0.05) is 19.8 Å². The van der Waals surface area contributed by atoms with E-state index in [-0.39, 0.29) is 11.3 Å². The van der Waals surface area contributed by atoms with E-state index in [0.29, 0.717) is 24.3 Å². The number of methoxy groups -OCH3 is 3. The van der Waals surface area contributed by atoms with E-state index >= 15 is 0 Å². The van der Waals surface area contributed by atoms with Gasteiger partial charge in [0.15, 0.2) is 11.5 Å². The van der Waals surface area contributed by atoms with Gasteiger partial charge in [-0.05, 0) is 6.42 Å². The molecule has 23 heavy (non-hydrogen) atoms. The average molecular weight is 325 g/mol. The van der Waals surface area contributed by atoms with E-state index in [2.05, 4.69) is 5.32 Å². The van der Waals surface area contributed by atoms with Crippen LogP contribution in [-0.2, 0) is 4.79 Å². The Balaban J connectivity index is 3.07. The molecule has 1 unspecified atom stereocenters. The van der Waals surface area contributed by atoms with Gasteiger partial charge in [-0.25, -0.2) is 4.79 Å². The minimum Gasteiger partial charge on any atom is -0.496 e. The molecule has 0 heterocycles. The second-order valence-corrected chi connectivity index (χ2v) is 4.91. The van der Waals surface area contributed by atoms with E-state index in [4.69, 9.17) is 14.2 Å². The Bertz CT molecular complexity index is 558. The molecule has 0 spiro atoms. The van der Waals surface area contributed by atoms with Gasteiger partial charge in [-0.15, -0.1) is 0 Å². The van der Waals surface area contributed by atoms with Crippen molar-refractivity contribution >= 4 is 11.9 Å². The van der Waals surface area contributed by atoms with Crippen molar-refractivity contribution in [2.24, 2.45) is 0 Å². The van der Waals surface area contributed by atoms with Crippen molar-refractivity contribution in [2.75, 3.05) is 21.3 Å². The molecule has 0 aliphatic carbocycles. The van der Waals surface area contributed by atoms with Crippen LogP contribution in [0.4, 0.5) is 0 Å². The first kappa shape index (κ1) is 18.6. The monoisotopic (exact) mass is 325 g/mol. The second-order valence-electron chi connectivity index (χ2n) is 4.91. The molecule has 0 radical (unpaired) electrons. The Labute approximate surface area is 135 Å². The summed E-state index contributed by atoms with van der Waals surface area (Å²) in [5.41, 5.74) is 0.188. The minimum atomic E-state index is -1.06. The van der Waals surface area contributed by atoms with E-state index in [9.17, 15) is 14.7 Å². The molecule has 0 saturated carbocycles. The van der Waals surface area contributed by atoms with Gasteiger partial charge >= 0.3 is 5.97 Å². The number of carboxylic acid groups (broad SMARTS) is 1. The van der Waals surface area contributed by atoms with Gasteiger partial charge in [0, 0.05) is 12.1 Å². The number of aliphatic carboxylic acids is 1. The molecule has 0 aliphatic heterocycles. The summed E-state index contributed by atoms with van der Waals surface area (Å²) in [4.78, 5) is 23.7. The fraction of sp³-hybridized carbons (Fsp3) is 0.500. The maximum atomic E-state index is 12.4. The number of hydrogen-bond acceptors (Lipinski definition) is 5. The van der Waals surface area contributed by atoms with Gasteiger partial charge in [0.25, 0.3) is 5.91 Å². The SMILES string of the molecule is CCCCC(NC(=O)c1cc(OC)c(OC)cc1OC)C(=O)O. The fourth-order valence-corrected chi connectivity index (χ4v) is 2.11. The van der Waals surface area contributed by atoms with E-state index < -0.39 is 17.9 Å². The Morgan fingerprint density at radius 3 is 2.13 bits per heavy atom. The summed E-state index contributed by atoms with van der Waals surface area (Å²) in [6.07, 6.45) is 1.92. The van der Waals surface area contributed by atoms with Crippen LogP contribution in [0.25, 0.3) is 0 Å². The maximum Gasteiger partial charge on any atom is 0.326 e. The molecule has 2 N–H and O–H groups in total. The smallest absolute Gasteiger partial charge is 0.326 e. The van der Waals surface area contributed by atoms with Gasteiger partial charge < -0.3 is 24.6 Å². The van der Waals surface area contributed by atoms with Crippen LogP contribution in [-0.4, -0.2) is 44.4 Å². The Kier molecular flexibility index (Phi) is 7.18. The van der Waals surface area contributed by atoms with Crippen molar-refractivity contribution in [3.05, 3.63) is 17.7 Å². The number of hydrogen-bond donors (Lipinski definition) is 2. The van der Waals surface area contributed by atoms with Crippen LogP contribution >= 0.6 is 0 Å². The lowest BCUT2D eigenvalue weighted by atomic mass is 10.1. The number of carbonyl (C=O) groups is 2. The average Bonchev–Trinajstić information content (AvgIpc) is 2.56.